The van der Waals surface area contributed by atoms with Crippen LogP contribution in [0.4, 0.5) is 0 Å². The number of fused-ring (bicyclic) bond motifs is 7. The fraction of sp³-hybridized carbons (Fsp3) is 0.896. The van der Waals surface area contributed by atoms with Gasteiger partial charge in [-0.05, 0) is 84.9 Å². The molecule has 51 heavy (non-hydrogen) atoms. The molecule has 0 radical (unpaired) electrons. The number of rotatable bonds is 17. The first-order valence-corrected chi connectivity index (χ1v) is 22.5. The Kier molecular flexibility index (Phi) is 13.5. The molecule has 3 heteroatoms. The highest BCUT2D eigenvalue weighted by molar-refractivity contribution is 5.69. The van der Waals surface area contributed by atoms with Crippen molar-refractivity contribution in [3.8, 4) is 0 Å². The fourth-order valence-electron chi connectivity index (χ4n) is 13.1. The lowest BCUT2D eigenvalue weighted by atomic mass is 9.35. The van der Waals surface area contributed by atoms with Gasteiger partial charge in [-0.15, -0.1) is 0 Å². The zero-order valence-electron chi connectivity index (χ0n) is 35.1. The van der Waals surface area contributed by atoms with Gasteiger partial charge in [0.05, 0.1) is 6.10 Å². The summed E-state index contributed by atoms with van der Waals surface area (Å²) in [6.45, 7) is 22.1. The molecule has 0 aromatic carbocycles. The maximum Gasteiger partial charge on any atom is 0.306 e. The third kappa shape index (κ3) is 7.87. The number of hydrogen-bond acceptors (Lipinski definition) is 3. The van der Waals surface area contributed by atoms with E-state index in [-0.39, 0.29) is 39.7 Å². The van der Waals surface area contributed by atoms with Crippen molar-refractivity contribution in [2.45, 2.75) is 222 Å². The summed E-state index contributed by atoms with van der Waals surface area (Å²) in [6, 6.07) is 0. The minimum Gasteiger partial charge on any atom is -0.462 e. The van der Waals surface area contributed by atoms with Gasteiger partial charge in [0.2, 0.25) is 0 Å². The Labute approximate surface area is 316 Å². The van der Waals surface area contributed by atoms with E-state index in [1.54, 1.807) is 5.57 Å². The summed E-state index contributed by atoms with van der Waals surface area (Å²) in [6.07, 6.45) is 32.8. The molecule has 0 heterocycles. The quantitative estimate of drug-likeness (QED) is 0.121. The summed E-state index contributed by atoms with van der Waals surface area (Å²) >= 11 is 0. The Morgan fingerprint density at radius 3 is 1.88 bits per heavy atom. The number of aliphatic hydroxyl groups excluding tert-OH is 1. The predicted octanol–water partition coefficient (Wildman–Crippen LogP) is 13.7. The lowest BCUT2D eigenvalue weighted by molar-refractivity contribution is -0.197. The van der Waals surface area contributed by atoms with E-state index in [2.05, 4.69) is 74.5 Å². The molecule has 5 rings (SSSR count). The number of carbonyl (C=O) groups is 1. The van der Waals surface area contributed by atoms with Crippen LogP contribution in [0.2, 0.25) is 0 Å². The van der Waals surface area contributed by atoms with Crippen LogP contribution in [0, 0.1) is 50.7 Å². The molecule has 0 unspecified atom stereocenters. The molecular formula is C48H82O3. The molecular weight excluding hydrogens is 625 g/mol. The monoisotopic (exact) mass is 707 g/mol. The highest BCUT2D eigenvalue weighted by atomic mass is 16.5. The average Bonchev–Trinajstić information content (AvgIpc) is 3.08. The van der Waals surface area contributed by atoms with E-state index in [1.807, 2.05) is 0 Å². The number of hydrogen-bond donors (Lipinski definition) is 1. The largest absolute Gasteiger partial charge is 0.462 e. The summed E-state index contributed by atoms with van der Waals surface area (Å²) in [5.74, 6) is 2.36. The van der Waals surface area contributed by atoms with E-state index in [9.17, 15) is 9.90 Å². The Bertz CT molecular complexity index is 1230. The predicted molar refractivity (Wildman–Crippen MR) is 215 cm³/mol. The molecule has 3 nitrogen and oxygen atoms in total. The van der Waals surface area contributed by atoms with Gasteiger partial charge in [-0.25, -0.2) is 0 Å². The van der Waals surface area contributed by atoms with Crippen LogP contribution in [0.5, 0.6) is 0 Å². The van der Waals surface area contributed by atoms with Gasteiger partial charge in [-0.1, -0.05) is 176 Å². The van der Waals surface area contributed by atoms with E-state index >= 15 is 0 Å². The van der Waals surface area contributed by atoms with Gasteiger partial charge < -0.3 is 9.84 Å². The van der Waals surface area contributed by atoms with E-state index in [0.717, 1.165) is 31.6 Å². The molecule has 0 amide bonds. The molecule has 0 saturated heterocycles. The van der Waals surface area contributed by atoms with E-state index in [0.29, 0.717) is 30.1 Å². The van der Waals surface area contributed by atoms with Crippen molar-refractivity contribution >= 4 is 5.97 Å². The summed E-state index contributed by atoms with van der Waals surface area (Å²) in [4.78, 5) is 13.2. The Morgan fingerprint density at radius 1 is 0.725 bits per heavy atom. The second-order valence-corrected chi connectivity index (χ2v) is 20.5. The average molecular weight is 707 g/mol. The number of unbranched alkanes of at least 4 members (excludes halogenated alkanes) is 14. The van der Waals surface area contributed by atoms with Crippen LogP contribution in [0.3, 0.4) is 0 Å². The van der Waals surface area contributed by atoms with Crippen molar-refractivity contribution in [3.63, 3.8) is 0 Å². The Balaban J connectivity index is 1.12. The van der Waals surface area contributed by atoms with Crippen molar-refractivity contribution in [1.29, 1.82) is 0 Å². The molecule has 0 aliphatic heterocycles. The molecule has 0 aromatic heterocycles. The number of ether oxygens (including phenoxy) is 1. The summed E-state index contributed by atoms with van der Waals surface area (Å²) in [5.41, 5.74) is 3.28. The fourth-order valence-corrected chi connectivity index (χ4v) is 13.1. The van der Waals surface area contributed by atoms with E-state index < -0.39 is 6.10 Å². The van der Waals surface area contributed by atoms with Crippen LogP contribution in [0.1, 0.15) is 210 Å². The highest BCUT2D eigenvalue weighted by Crippen LogP contribution is 2.74. The number of esters is 1. The number of carbonyl (C=O) groups excluding carboxylic acids is 1. The van der Waals surface area contributed by atoms with Crippen molar-refractivity contribution in [1.82, 2.24) is 0 Å². The van der Waals surface area contributed by atoms with Gasteiger partial charge in [0.15, 0.2) is 0 Å². The van der Waals surface area contributed by atoms with Crippen LogP contribution in [0.25, 0.3) is 0 Å². The summed E-state index contributed by atoms with van der Waals surface area (Å²) in [7, 11) is 0. The van der Waals surface area contributed by atoms with Gasteiger partial charge in [-0.3, -0.25) is 4.79 Å². The maximum atomic E-state index is 13.2. The zero-order chi connectivity index (χ0) is 37.1. The molecule has 0 aromatic rings. The van der Waals surface area contributed by atoms with E-state index in [1.165, 1.54) is 115 Å². The molecule has 0 spiro atoms. The van der Waals surface area contributed by atoms with Crippen LogP contribution in [-0.2, 0) is 9.53 Å². The number of aliphatic hydroxyl groups is 1. The van der Waals surface area contributed by atoms with Crippen molar-refractivity contribution < 1.29 is 14.6 Å². The first-order valence-electron chi connectivity index (χ1n) is 22.5. The standard InChI is InChI=1S/C48H82O3/c1-10-11-12-13-14-15-16-17-18-19-20-21-22-23-24-25-42(50)51-41-34-40(49)48(9)38(44(41,4)5)29-31-47(8)39(48)27-26-37-43-36(3)35(2)28-30-45(43,6)32-33-46(37,47)7/h26-27,35-36,38,40-41,43,49H,10-25,28-34H2,1-9H3/t35-,36+,38+,40-,41+,43+,45-,46-,47-,48+/m1/s1. The van der Waals surface area contributed by atoms with Crippen LogP contribution >= 0.6 is 0 Å². The molecule has 1 N–H and O–H groups in total. The molecule has 292 valence electrons. The number of allylic oxidation sites excluding steroid dienone is 3. The Morgan fingerprint density at radius 2 is 1.29 bits per heavy atom. The third-order valence-electron chi connectivity index (χ3n) is 17.1. The second kappa shape index (κ2) is 16.7. The molecule has 10 atom stereocenters. The smallest absolute Gasteiger partial charge is 0.306 e. The topological polar surface area (TPSA) is 46.5 Å². The van der Waals surface area contributed by atoms with Gasteiger partial charge in [-0.2, -0.15) is 0 Å². The highest BCUT2D eigenvalue weighted by Gasteiger charge is 2.68. The molecule has 5 aliphatic carbocycles. The van der Waals surface area contributed by atoms with Gasteiger partial charge in [0.25, 0.3) is 0 Å². The summed E-state index contributed by atoms with van der Waals surface area (Å²) < 4.78 is 6.32. The van der Waals surface area contributed by atoms with Crippen molar-refractivity contribution in [2.75, 3.05) is 0 Å². The van der Waals surface area contributed by atoms with Gasteiger partial charge in [0.1, 0.15) is 6.10 Å². The van der Waals surface area contributed by atoms with E-state index in [4.69, 9.17) is 4.74 Å². The second-order valence-electron chi connectivity index (χ2n) is 20.5. The lowest BCUT2D eigenvalue weighted by Gasteiger charge is -2.69. The minimum atomic E-state index is -0.508. The molecule has 4 fully saturated rings. The van der Waals surface area contributed by atoms with Crippen LogP contribution < -0.4 is 0 Å². The molecule has 0 bridgehead atoms. The van der Waals surface area contributed by atoms with Crippen LogP contribution in [-0.4, -0.2) is 23.3 Å². The normalized spacial score (nSPS) is 39.9. The van der Waals surface area contributed by atoms with Gasteiger partial charge in [0, 0.05) is 23.7 Å². The summed E-state index contributed by atoms with van der Waals surface area (Å²) in [5, 5.41) is 12.2. The third-order valence-corrected chi connectivity index (χ3v) is 17.1. The SMILES string of the molecule is CCCCCCCCCCCCCCCCCC(=O)O[C@H]1C[C@@H](O)[C@]2(C)C3=CC=C4[C@@H]5[C@@H](C)[C@H](C)CC[C@]5(C)CC[C@@]4(C)[C@]3(C)CC[C@H]2C1(C)C. The van der Waals surface area contributed by atoms with Crippen LogP contribution in [0.15, 0.2) is 23.3 Å². The Hall–Kier alpha value is -1.09. The van der Waals surface area contributed by atoms with Crippen molar-refractivity contribution in [3.05, 3.63) is 23.3 Å². The maximum absolute atomic E-state index is 13.2. The molecule has 5 aliphatic rings. The zero-order valence-corrected chi connectivity index (χ0v) is 35.1. The van der Waals surface area contributed by atoms with Crippen molar-refractivity contribution in [2.24, 2.45) is 50.7 Å². The first kappa shape index (κ1) is 41.1. The molecule has 4 saturated carbocycles. The first-order chi connectivity index (χ1) is 24.2. The lowest BCUT2D eigenvalue weighted by Crippen LogP contribution is -2.65. The van der Waals surface area contributed by atoms with Gasteiger partial charge >= 0.3 is 5.97 Å². The minimum absolute atomic E-state index is 0.0399.